The van der Waals surface area contributed by atoms with Gasteiger partial charge in [-0.2, -0.15) is 0 Å². The Bertz CT molecular complexity index is 1110. The van der Waals surface area contributed by atoms with E-state index in [1.807, 2.05) is 62.0 Å². The van der Waals surface area contributed by atoms with Gasteiger partial charge in [-0.15, -0.1) is 0 Å². The summed E-state index contributed by atoms with van der Waals surface area (Å²) in [6, 6.07) is 7.30. The third-order valence-electron chi connectivity index (χ3n) is 5.74. The Morgan fingerprint density at radius 2 is 2.13 bits per heavy atom. The summed E-state index contributed by atoms with van der Waals surface area (Å²) in [7, 11) is 3.80. The van der Waals surface area contributed by atoms with Gasteiger partial charge in [0, 0.05) is 37.4 Å². The van der Waals surface area contributed by atoms with Crippen LogP contribution >= 0.6 is 11.6 Å². The minimum atomic E-state index is -0.145. The van der Waals surface area contributed by atoms with E-state index in [1.54, 1.807) is 6.20 Å². The molecule has 2 aromatic heterocycles. The number of hydrogen-bond acceptors (Lipinski definition) is 6. The van der Waals surface area contributed by atoms with E-state index in [1.165, 1.54) is 0 Å². The number of rotatable bonds is 5. The number of aromatic nitrogens is 3. The molecule has 162 valence electrons. The summed E-state index contributed by atoms with van der Waals surface area (Å²) in [6.07, 6.45) is 3.84. The van der Waals surface area contributed by atoms with Crippen LogP contribution in [0.1, 0.15) is 41.4 Å². The van der Waals surface area contributed by atoms with E-state index in [-0.39, 0.29) is 11.9 Å². The molecular weight excluding hydrogens is 414 g/mol. The monoisotopic (exact) mass is 439 g/mol. The van der Waals surface area contributed by atoms with Gasteiger partial charge >= 0.3 is 0 Å². The lowest BCUT2D eigenvalue weighted by Gasteiger charge is -2.26. The molecule has 1 aliphatic rings. The van der Waals surface area contributed by atoms with E-state index in [9.17, 15) is 4.79 Å². The molecule has 0 radical (unpaired) electrons. The third-order valence-corrected chi connectivity index (χ3v) is 5.98. The van der Waals surface area contributed by atoms with Gasteiger partial charge in [-0.1, -0.05) is 28.9 Å². The predicted molar refractivity (Wildman–Crippen MR) is 120 cm³/mol. The molecule has 1 aromatic carbocycles. The van der Waals surface area contributed by atoms with E-state index in [0.717, 1.165) is 40.9 Å². The second kappa shape index (κ2) is 8.67. The van der Waals surface area contributed by atoms with Gasteiger partial charge in [0.25, 0.3) is 0 Å². The molecule has 31 heavy (non-hydrogen) atoms. The first-order valence-corrected chi connectivity index (χ1v) is 10.7. The molecule has 1 amide bonds. The molecule has 1 aliphatic heterocycles. The van der Waals surface area contributed by atoms with E-state index in [0.29, 0.717) is 29.7 Å². The van der Waals surface area contributed by atoms with Gasteiger partial charge in [0.1, 0.15) is 0 Å². The quantitative estimate of drug-likeness (QED) is 0.587. The molecule has 3 heterocycles. The Labute approximate surface area is 187 Å². The number of hydrogen-bond donors (Lipinski definition) is 0. The Morgan fingerprint density at radius 3 is 2.81 bits per heavy atom. The molecule has 0 aliphatic carbocycles. The van der Waals surface area contributed by atoms with Gasteiger partial charge in [0.2, 0.25) is 11.9 Å². The van der Waals surface area contributed by atoms with Crippen LogP contribution in [0.3, 0.4) is 0 Å². The number of carbonyl (C=O) groups excluding carboxylic acids is 1. The fourth-order valence-electron chi connectivity index (χ4n) is 3.97. The van der Waals surface area contributed by atoms with E-state index in [2.05, 4.69) is 10.1 Å². The summed E-state index contributed by atoms with van der Waals surface area (Å²) in [6.45, 7) is 4.58. The number of carbonyl (C=O) groups is 1. The van der Waals surface area contributed by atoms with Gasteiger partial charge in [0.15, 0.2) is 5.76 Å². The van der Waals surface area contributed by atoms with E-state index < -0.39 is 0 Å². The fourth-order valence-corrected chi connectivity index (χ4v) is 4.18. The smallest absolute Gasteiger partial charge is 0.227 e. The van der Waals surface area contributed by atoms with Crippen LogP contribution in [0, 0.1) is 13.8 Å². The summed E-state index contributed by atoms with van der Waals surface area (Å²) in [5.74, 6) is 1.32. The van der Waals surface area contributed by atoms with Crippen LogP contribution in [-0.4, -0.2) is 46.6 Å². The van der Waals surface area contributed by atoms with Gasteiger partial charge in [-0.05, 0) is 44.4 Å². The van der Waals surface area contributed by atoms with E-state index >= 15 is 0 Å². The highest BCUT2D eigenvalue weighted by Crippen LogP contribution is 2.38. The molecule has 1 saturated heterocycles. The molecule has 1 fully saturated rings. The van der Waals surface area contributed by atoms with Crippen LogP contribution in [0.2, 0.25) is 5.02 Å². The lowest BCUT2D eigenvalue weighted by atomic mass is 10.0. The van der Waals surface area contributed by atoms with Crippen molar-refractivity contribution in [2.24, 2.45) is 0 Å². The normalized spacial score (nSPS) is 16.0. The largest absolute Gasteiger partial charge is 0.356 e. The van der Waals surface area contributed by atoms with Crippen molar-refractivity contribution >= 4 is 23.5 Å². The highest BCUT2D eigenvalue weighted by Gasteiger charge is 2.34. The lowest BCUT2D eigenvalue weighted by molar-refractivity contribution is -0.131. The number of amides is 1. The maximum Gasteiger partial charge on any atom is 0.227 e. The minimum absolute atomic E-state index is 0.0613. The molecule has 7 nitrogen and oxygen atoms in total. The predicted octanol–water partition coefficient (Wildman–Crippen LogP) is 4.37. The Morgan fingerprint density at radius 1 is 1.32 bits per heavy atom. The Hall–Kier alpha value is -2.93. The minimum Gasteiger partial charge on any atom is -0.356 e. The van der Waals surface area contributed by atoms with Gasteiger partial charge in [-0.3, -0.25) is 4.79 Å². The Balaban J connectivity index is 1.71. The molecule has 0 unspecified atom stereocenters. The zero-order chi connectivity index (χ0) is 22.1. The van der Waals surface area contributed by atoms with Crippen LogP contribution in [0.4, 0.5) is 5.95 Å². The van der Waals surface area contributed by atoms with E-state index in [4.69, 9.17) is 21.1 Å². The van der Waals surface area contributed by atoms with Crippen LogP contribution in [0.15, 0.2) is 35.0 Å². The van der Waals surface area contributed by atoms with Crippen molar-refractivity contribution < 1.29 is 9.32 Å². The number of nitrogens with zero attached hydrogens (tertiary/aromatic N) is 5. The molecule has 0 bridgehead atoms. The number of benzene rings is 1. The number of anilines is 1. The van der Waals surface area contributed by atoms with Crippen molar-refractivity contribution in [2.75, 3.05) is 25.5 Å². The highest BCUT2D eigenvalue weighted by atomic mass is 35.5. The SMILES string of the molecule is Cc1noc(-c2cnc(N(C)C)nc2[C@H]2CCCN2C(=O)Cc2cccc(Cl)c2)c1C. The fraction of sp³-hybridized carbons (Fsp3) is 0.391. The molecular formula is C23H26ClN5O2. The van der Waals surface area contributed by atoms with Crippen molar-refractivity contribution in [1.82, 2.24) is 20.0 Å². The van der Waals surface area contributed by atoms with Crippen molar-refractivity contribution in [2.45, 2.75) is 39.2 Å². The molecule has 0 N–H and O–H groups in total. The first-order valence-electron chi connectivity index (χ1n) is 10.4. The summed E-state index contributed by atoms with van der Waals surface area (Å²) < 4.78 is 5.62. The first-order chi connectivity index (χ1) is 14.8. The second-order valence-electron chi connectivity index (χ2n) is 8.14. The molecule has 0 saturated carbocycles. The average molecular weight is 440 g/mol. The molecule has 1 atom stereocenters. The molecule has 3 aromatic rings. The van der Waals surface area contributed by atoms with Crippen molar-refractivity contribution in [3.8, 4) is 11.3 Å². The van der Waals surface area contributed by atoms with Crippen molar-refractivity contribution in [3.05, 3.63) is 58.0 Å². The number of halogens is 1. The maximum absolute atomic E-state index is 13.2. The lowest BCUT2D eigenvalue weighted by Crippen LogP contribution is -2.32. The summed E-state index contributed by atoms with van der Waals surface area (Å²) in [5, 5.41) is 4.73. The van der Waals surface area contributed by atoms with Gasteiger partial charge < -0.3 is 14.3 Å². The maximum atomic E-state index is 13.2. The summed E-state index contributed by atoms with van der Waals surface area (Å²) in [4.78, 5) is 26.4. The zero-order valence-electron chi connectivity index (χ0n) is 18.2. The second-order valence-corrected chi connectivity index (χ2v) is 8.57. The van der Waals surface area contributed by atoms with Gasteiger partial charge in [-0.25, -0.2) is 9.97 Å². The zero-order valence-corrected chi connectivity index (χ0v) is 19.0. The summed E-state index contributed by atoms with van der Waals surface area (Å²) >= 11 is 6.10. The van der Waals surface area contributed by atoms with Crippen LogP contribution in [-0.2, 0) is 11.2 Å². The third kappa shape index (κ3) is 4.28. The Kier molecular flexibility index (Phi) is 5.96. The standard InChI is InChI=1S/C23H26ClN5O2/c1-14-15(2)27-31-22(14)18-13-25-23(28(3)4)26-21(18)19-9-6-10-29(19)20(30)12-16-7-5-8-17(24)11-16/h5,7-8,11,13,19H,6,9-10,12H2,1-4H3/t19-/m1/s1. The highest BCUT2D eigenvalue weighted by molar-refractivity contribution is 6.30. The topological polar surface area (TPSA) is 75.4 Å². The molecule has 0 spiro atoms. The summed E-state index contributed by atoms with van der Waals surface area (Å²) in [5.41, 5.74) is 4.28. The van der Waals surface area contributed by atoms with Gasteiger partial charge in [0.05, 0.1) is 29.4 Å². The van der Waals surface area contributed by atoms with Crippen LogP contribution < -0.4 is 4.90 Å². The average Bonchev–Trinajstić information content (AvgIpc) is 3.35. The first kappa shape index (κ1) is 21.3. The van der Waals surface area contributed by atoms with Crippen molar-refractivity contribution in [3.63, 3.8) is 0 Å². The van der Waals surface area contributed by atoms with Crippen LogP contribution in [0.5, 0.6) is 0 Å². The number of likely N-dealkylation sites (tertiary alicyclic amines) is 1. The van der Waals surface area contributed by atoms with Crippen molar-refractivity contribution in [1.29, 1.82) is 0 Å². The number of aryl methyl sites for hydroxylation is 1. The van der Waals surface area contributed by atoms with Crippen LogP contribution in [0.25, 0.3) is 11.3 Å². The molecule has 8 heteroatoms. The molecule has 4 rings (SSSR count).